The molecule has 7 nitrogen and oxygen atoms in total. The first-order valence-corrected chi connectivity index (χ1v) is 8.55. The van der Waals surface area contributed by atoms with Crippen LogP contribution >= 0.6 is 0 Å². The first kappa shape index (κ1) is 17.3. The highest BCUT2D eigenvalue weighted by Gasteiger charge is 2.43. The molecule has 0 saturated heterocycles. The van der Waals surface area contributed by atoms with Crippen molar-refractivity contribution < 1.29 is 14.3 Å². The summed E-state index contributed by atoms with van der Waals surface area (Å²) in [5, 5.41) is 5.90. The summed E-state index contributed by atoms with van der Waals surface area (Å²) in [6.45, 7) is 6.25. The Morgan fingerprint density at radius 3 is 2.80 bits per heavy atom. The van der Waals surface area contributed by atoms with Gasteiger partial charge in [0.1, 0.15) is 0 Å². The molecule has 25 heavy (non-hydrogen) atoms. The molecule has 134 valence electrons. The van der Waals surface area contributed by atoms with Gasteiger partial charge in [0.2, 0.25) is 5.95 Å². The molecule has 0 spiro atoms. The van der Waals surface area contributed by atoms with E-state index in [1.165, 1.54) is 7.11 Å². The van der Waals surface area contributed by atoms with Gasteiger partial charge in [0.05, 0.1) is 24.2 Å². The smallest absolute Gasteiger partial charge is 0.413 e. The van der Waals surface area contributed by atoms with Gasteiger partial charge in [0, 0.05) is 17.5 Å². The molecule has 1 atom stereocenters. The van der Waals surface area contributed by atoms with Crippen LogP contribution in [0, 0.1) is 0 Å². The fraction of sp³-hybridized carbons (Fsp3) is 0.500. The third kappa shape index (κ3) is 3.06. The van der Waals surface area contributed by atoms with Crippen LogP contribution in [0.4, 0.5) is 16.4 Å². The number of Topliss-reactive ketones (excluding diaryl/α,β-unsaturated/α-hetero) is 1. The third-order valence-electron chi connectivity index (χ3n) is 4.84. The van der Waals surface area contributed by atoms with Gasteiger partial charge >= 0.3 is 6.09 Å². The van der Waals surface area contributed by atoms with Crippen molar-refractivity contribution >= 4 is 34.5 Å². The monoisotopic (exact) mass is 344 g/mol. The van der Waals surface area contributed by atoms with Gasteiger partial charge in [-0.15, -0.1) is 0 Å². The number of anilines is 2. The lowest BCUT2D eigenvalue weighted by atomic mass is 9.78. The number of carbonyl (C=O) groups is 2. The van der Waals surface area contributed by atoms with E-state index < -0.39 is 6.09 Å². The fourth-order valence-corrected chi connectivity index (χ4v) is 3.39. The summed E-state index contributed by atoms with van der Waals surface area (Å²) in [7, 11) is 1.30. The number of ketones is 1. The van der Waals surface area contributed by atoms with E-state index in [2.05, 4.69) is 46.1 Å². The maximum atomic E-state index is 12.6. The van der Waals surface area contributed by atoms with Crippen LogP contribution in [0.15, 0.2) is 12.1 Å². The molecular weight excluding hydrogens is 320 g/mol. The van der Waals surface area contributed by atoms with Crippen LogP contribution in [-0.2, 0) is 14.9 Å². The summed E-state index contributed by atoms with van der Waals surface area (Å²) < 4.78 is 4.58. The number of benzene rings is 1. The molecule has 1 aliphatic rings. The standard InChI is InChI=1S/C18H24N4O3/c1-5-6-7-14(23)15-18(2,3)10-8-12-13(9-11(10)19-15)21-16(20-12)22-17(24)25-4/h8-9,15,19H,5-7H2,1-4H3,(H2,20,21,22,24). The lowest BCUT2D eigenvalue weighted by Crippen LogP contribution is -2.40. The van der Waals surface area contributed by atoms with E-state index in [4.69, 9.17) is 0 Å². The molecule has 1 unspecified atom stereocenters. The molecule has 3 N–H and O–H groups in total. The van der Waals surface area contributed by atoms with Crippen LogP contribution in [-0.4, -0.2) is 35.0 Å². The molecule has 0 saturated carbocycles. The minimum Gasteiger partial charge on any atom is -0.453 e. The Balaban J connectivity index is 1.91. The number of aromatic nitrogens is 2. The lowest BCUT2D eigenvalue weighted by Gasteiger charge is -2.26. The van der Waals surface area contributed by atoms with Crippen LogP contribution < -0.4 is 10.6 Å². The zero-order valence-electron chi connectivity index (χ0n) is 15.0. The number of ether oxygens (including phenoxy) is 1. The molecule has 7 heteroatoms. The van der Waals surface area contributed by atoms with Gasteiger partial charge in [-0.05, 0) is 24.1 Å². The number of hydrogen-bond donors (Lipinski definition) is 3. The lowest BCUT2D eigenvalue weighted by molar-refractivity contribution is -0.120. The second kappa shape index (κ2) is 6.38. The molecule has 3 rings (SSSR count). The quantitative estimate of drug-likeness (QED) is 0.770. The van der Waals surface area contributed by atoms with Gasteiger partial charge in [-0.25, -0.2) is 9.78 Å². The summed E-state index contributed by atoms with van der Waals surface area (Å²) in [4.78, 5) is 31.3. The van der Waals surface area contributed by atoms with Crippen molar-refractivity contribution in [3.8, 4) is 0 Å². The van der Waals surface area contributed by atoms with Crippen LogP contribution in [0.2, 0.25) is 0 Å². The van der Waals surface area contributed by atoms with E-state index in [0.717, 1.165) is 35.1 Å². The first-order valence-electron chi connectivity index (χ1n) is 8.55. The molecule has 0 aliphatic carbocycles. The molecule has 1 amide bonds. The SMILES string of the molecule is CCCCC(=O)C1Nc2cc3nc(NC(=O)OC)[nH]c3cc2C1(C)C. The Kier molecular flexibility index (Phi) is 4.41. The van der Waals surface area contributed by atoms with E-state index in [9.17, 15) is 9.59 Å². The van der Waals surface area contributed by atoms with Crippen LogP contribution in [0.1, 0.15) is 45.6 Å². The Bertz CT molecular complexity index is 825. The van der Waals surface area contributed by atoms with Gasteiger partial charge in [-0.2, -0.15) is 0 Å². The summed E-state index contributed by atoms with van der Waals surface area (Å²) in [6, 6.07) is 3.69. The van der Waals surface area contributed by atoms with E-state index >= 15 is 0 Å². The number of aromatic amines is 1. The Morgan fingerprint density at radius 1 is 1.36 bits per heavy atom. The summed E-state index contributed by atoms with van der Waals surface area (Å²) in [5.74, 6) is 0.576. The van der Waals surface area contributed by atoms with Gasteiger partial charge in [-0.1, -0.05) is 27.2 Å². The second-order valence-electron chi connectivity index (χ2n) is 6.99. The molecule has 2 heterocycles. The second-order valence-corrected chi connectivity index (χ2v) is 6.99. The minimum absolute atomic E-state index is 0.228. The van der Waals surface area contributed by atoms with Gasteiger partial charge in [-0.3, -0.25) is 10.1 Å². The van der Waals surface area contributed by atoms with E-state index in [-0.39, 0.29) is 17.2 Å². The van der Waals surface area contributed by atoms with E-state index in [1.807, 2.05) is 12.1 Å². The van der Waals surface area contributed by atoms with Gasteiger partial charge < -0.3 is 15.0 Å². The number of fused-ring (bicyclic) bond motifs is 2. The molecule has 1 aromatic carbocycles. The molecule has 0 fully saturated rings. The highest BCUT2D eigenvalue weighted by molar-refractivity contribution is 5.95. The molecule has 1 aromatic heterocycles. The van der Waals surface area contributed by atoms with Crippen molar-refractivity contribution in [3.05, 3.63) is 17.7 Å². The normalized spacial score (nSPS) is 17.8. The number of imidazole rings is 1. The molecule has 1 aliphatic heterocycles. The number of nitrogens with one attached hydrogen (secondary N) is 3. The maximum absolute atomic E-state index is 12.6. The number of hydrogen-bond acceptors (Lipinski definition) is 5. The van der Waals surface area contributed by atoms with E-state index in [0.29, 0.717) is 12.4 Å². The molecule has 2 aromatic rings. The zero-order valence-corrected chi connectivity index (χ0v) is 15.0. The number of carbonyl (C=O) groups excluding carboxylic acids is 2. The number of unbranched alkanes of at least 4 members (excludes halogenated alkanes) is 1. The summed E-state index contributed by atoms with van der Waals surface area (Å²) in [5.41, 5.74) is 3.21. The topological polar surface area (TPSA) is 96.1 Å². The van der Waals surface area contributed by atoms with Crippen molar-refractivity contribution in [2.45, 2.75) is 51.5 Å². The number of nitrogens with zero attached hydrogens (tertiary/aromatic N) is 1. The maximum Gasteiger partial charge on any atom is 0.413 e. The minimum atomic E-state index is -0.577. The van der Waals surface area contributed by atoms with E-state index in [1.54, 1.807) is 0 Å². The van der Waals surface area contributed by atoms with Crippen molar-refractivity contribution in [2.24, 2.45) is 0 Å². The largest absolute Gasteiger partial charge is 0.453 e. The summed E-state index contributed by atoms with van der Waals surface area (Å²) >= 11 is 0. The number of methoxy groups -OCH3 is 1. The Hall–Kier alpha value is -2.57. The Labute approximate surface area is 146 Å². The van der Waals surface area contributed by atoms with Crippen molar-refractivity contribution in [1.29, 1.82) is 0 Å². The number of H-pyrrole nitrogens is 1. The molecular formula is C18H24N4O3. The van der Waals surface area contributed by atoms with Crippen molar-refractivity contribution in [1.82, 2.24) is 9.97 Å². The van der Waals surface area contributed by atoms with Gasteiger partial charge in [0.15, 0.2) is 5.78 Å². The van der Waals surface area contributed by atoms with Crippen molar-refractivity contribution in [2.75, 3.05) is 17.7 Å². The van der Waals surface area contributed by atoms with Crippen LogP contribution in [0.3, 0.4) is 0 Å². The third-order valence-corrected chi connectivity index (χ3v) is 4.84. The van der Waals surface area contributed by atoms with Crippen molar-refractivity contribution in [3.63, 3.8) is 0 Å². The molecule has 0 radical (unpaired) electrons. The average molecular weight is 344 g/mol. The van der Waals surface area contributed by atoms with Crippen LogP contribution in [0.5, 0.6) is 0 Å². The first-order chi connectivity index (χ1) is 11.9. The number of amides is 1. The number of rotatable bonds is 5. The molecule has 0 bridgehead atoms. The zero-order chi connectivity index (χ0) is 18.2. The Morgan fingerprint density at radius 2 is 2.12 bits per heavy atom. The fourth-order valence-electron chi connectivity index (χ4n) is 3.39. The highest BCUT2D eigenvalue weighted by atomic mass is 16.5. The summed E-state index contributed by atoms with van der Waals surface area (Å²) in [6.07, 6.45) is 1.93. The predicted octanol–water partition coefficient (Wildman–Crippen LogP) is 3.57. The average Bonchev–Trinajstić information content (AvgIpc) is 3.08. The van der Waals surface area contributed by atoms with Crippen LogP contribution in [0.25, 0.3) is 11.0 Å². The predicted molar refractivity (Wildman–Crippen MR) is 97.1 cm³/mol. The van der Waals surface area contributed by atoms with Gasteiger partial charge in [0.25, 0.3) is 0 Å². The highest BCUT2D eigenvalue weighted by Crippen LogP contribution is 2.43.